The van der Waals surface area contributed by atoms with E-state index in [1.807, 2.05) is 13.0 Å². The Morgan fingerprint density at radius 3 is 2.76 bits per heavy atom. The Hall–Kier alpha value is -1.20. The summed E-state index contributed by atoms with van der Waals surface area (Å²) in [7, 11) is 1.58. The van der Waals surface area contributed by atoms with Gasteiger partial charge in [-0.05, 0) is 35.0 Å². The van der Waals surface area contributed by atoms with Crippen LogP contribution in [0.1, 0.15) is 17.3 Å². The van der Waals surface area contributed by atoms with E-state index in [1.165, 1.54) is 4.90 Å². The topological polar surface area (TPSA) is 46.6 Å². The Morgan fingerprint density at radius 1 is 1.41 bits per heavy atom. The summed E-state index contributed by atoms with van der Waals surface area (Å²) in [6.45, 7) is 2.23. The van der Waals surface area contributed by atoms with Gasteiger partial charge in [0.25, 0.3) is 11.7 Å². The number of Topliss-reactive ketones (excluding diaryl/α,β-unsaturated/α-hetero) is 1. The van der Waals surface area contributed by atoms with Crippen LogP contribution in [0.3, 0.4) is 0 Å². The van der Waals surface area contributed by atoms with E-state index in [9.17, 15) is 9.59 Å². The van der Waals surface area contributed by atoms with Crippen molar-refractivity contribution < 1.29 is 14.3 Å². The second-order valence-corrected chi connectivity index (χ2v) is 4.78. The number of hydrogen-bond acceptors (Lipinski definition) is 3. The third-order valence-electron chi connectivity index (χ3n) is 2.78. The zero-order valence-corrected chi connectivity index (χ0v) is 11.2. The smallest absolute Gasteiger partial charge is 0.299 e. The highest BCUT2D eigenvalue weighted by molar-refractivity contribution is 9.10. The van der Waals surface area contributed by atoms with Gasteiger partial charge in [-0.3, -0.25) is 9.59 Å². The van der Waals surface area contributed by atoms with Crippen molar-refractivity contribution in [3.63, 3.8) is 0 Å². The summed E-state index contributed by atoms with van der Waals surface area (Å²) in [5.41, 5.74) is 1.10. The van der Waals surface area contributed by atoms with Gasteiger partial charge in [-0.15, -0.1) is 0 Å². The Kier molecular flexibility index (Phi) is 3.31. The summed E-state index contributed by atoms with van der Waals surface area (Å²) < 4.78 is 5.88. The summed E-state index contributed by atoms with van der Waals surface area (Å²) in [6, 6.07) is 5.23. The zero-order chi connectivity index (χ0) is 12.6. The van der Waals surface area contributed by atoms with Gasteiger partial charge < -0.3 is 9.64 Å². The lowest BCUT2D eigenvalue weighted by molar-refractivity contribution is -0.114. The van der Waals surface area contributed by atoms with Gasteiger partial charge in [0.1, 0.15) is 0 Å². The molecule has 90 valence electrons. The molecule has 0 fully saturated rings. The monoisotopic (exact) mass is 297 g/mol. The van der Waals surface area contributed by atoms with Crippen LogP contribution >= 0.6 is 15.9 Å². The van der Waals surface area contributed by atoms with Crippen molar-refractivity contribution in [1.82, 2.24) is 0 Å². The molecule has 17 heavy (non-hydrogen) atoms. The number of benzene rings is 1. The normalized spacial score (nSPS) is 16.3. The first-order valence-electron chi connectivity index (χ1n) is 5.23. The largest absolute Gasteiger partial charge is 0.380 e. The minimum atomic E-state index is -0.490. The van der Waals surface area contributed by atoms with Gasteiger partial charge in [0.2, 0.25) is 0 Å². The molecular weight excluding hydrogens is 286 g/mol. The van der Waals surface area contributed by atoms with Crippen molar-refractivity contribution in [3.05, 3.63) is 28.2 Å². The molecule has 0 N–H and O–H groups in total. The number of ketones is 1. The molecular formula is C12H12BrNO3. The molecule has 1 aliphatic heterocycles. The predicted molar refractivity (Wildman–Crippen MR) is 67.3 cm³/mol. The average Bonchev–Trinajstić information content (AvgIpc) is 2.56. The number of nitrogens with zero attached hydrogens (tertiary/aromatic N) is 1. The molecule has 1 aromatic carbocycles. The van der Waals surface area contributed by atoms with Gasteiger partial charge in [0, 0.05) is 11.6 Å². The van der Waals surface area contributed by atoms with Crippen LogP contribution in [-0.4, -0.2) is 31.4 Å². The average molecular weight is 298 g/mol. The molecule has 0 saturated carbocycles. The third kappa shape index (κ3) is 2.00. The SMILES string of the molecule is COC(C)CN1C(=O)C(=O)c2cccc(Br)c21. The molecule has 1 heterocycles. The Bertz CT molecular complexity index is 487. The molecule has 2 rings (SSSR count). The molecule has 0 radical (unpaired) electrons. The van der Waals surface area contributed by atoms with Crippen molar-refractivity contribution in [3.8, 4) is 0 Å². The standard InChI is InChI=1S/C12H12BrNO3/c1-7(17-2)6-14-10-8(11(15)12(14)16)4-3-5-9(10)13/h3-5,7H,6H2,1-2H3. The van der Waals surface area contributed by atoms with Crippen molar-refractivity contribution in [1.29, 1.82) is 0 Å². The first kappa shape index (κ1) is 12.3. The molecule has 4 nitrogen and oxygen atoms in total. The van der Waals surface area contributed by atoms with Crippen LogP contribution in [0.2, 0.25) is 0 Å². The van der Waals surface area contributed by atoms with Crippen molar-refractivity contribution in [2.75, 3.05) is 18.6 Å². The fraction of sp³-hybridized carbons (Fsp3) is 0.333. The molecule has 5 heteroatoms. The van der Waals surface area contributed by atoms with E-state index in [-0.39, 0.29) is 6.10 Å². The van der Waals surface area contributed by atoms with Gasteiger partial charge in [-0.2, -0.15) is 0 Å². The van der Waals surface area contributed by atoms with Gasteiger partial charge in [-0.25, -0.2) is 0 Å². The maximum atomic E-state index is 11.9. The number of rotatable bonds is 3. The lowest BCUT2D eigenvalue weighted by atomic mass is 10.1. The summed E-state index contributed by atoms with van der Waals surface area (Å²) in [5.74, 6) is -0.944. The number of anilines is 1. The minimum absolute atomic E-state index is 0.121. The van der Waals surface area contributed by atoms with Gasteiger partial charge in [0.05, 0.1) is 23.9 Å². The van der Waals surface area contributed by atoms with Crippen LogP contribution in [0.5, 0.6) is 0 Å². The molecule has 0 saturated heterocycles. The lowest BCUT2D eigenvalue weighted by Gasteiger charge is -2.21. The molecule has 0 spiro atoms. The molecule has 0 aliphatic carbocycles. The third-order valence-corrected chi connectivity index (χ3v) is 3.42. The first-order valence-corrected chi connectivity index (χ1v) is 6.03. The molecule has 1 aromatic rings. The highest BCUT2D eigenvalue weighted by Crippen LogP contribution is 2.35. The van der Waals surface area contributed by atoms with Crippen molar-refractivity contribution in [2.24, 2.45) is 0 Å². The quantitative estimate of drug-likeness (QED) is 0.802. The van der Waals surface area contributed by atoms with Gasteiger partial charge in [-0.1, -0.05) is 6.07 Å². The van der Waals surface area contributed by atoms with Crippen molar-refractivity contribution >= 4 is 33.3 Å². The van der Waals surface area contributed by atoms with E-state index in [0.717, 1.165) is 4.47 Å². The van der Waals surface area contributed by atoms with E-state index >= 15 is 0 Å². The summed E-state index contributed by atoms with van der Waals surface area (Å²) >= 11 is 3.37. The van der Waals surface area contributed by atoms with E-state index in [4.69, 9.17) is 4.74 Å². The second kappa shape index (κ2) is 4.58. The Balaban J connectivity index is 2.43. The van der Waals surface area contributed by atoms with Crippen LogP contribution in [0.15, 0.2) is 22.7 Å². The maximum absolute atomic E-state index is 11.9. The Labute approximate surface area is 108 Å². The zero-order valence-electron chi connectivity index (χ0n) is 9.57. The Morgan fingerprint density at radius 2 is 2.12 bits per heavy atom. The second-order valence-electron chi connectivity index (χ2n) is 3.93. The van der Waals surface area contributed by atoms with Crippen LogP contribution < -0.4 is 4.90 Å². The molecule has 1 aliphatic rings. The number of halogens is 1. The predicted octanol–water partition coefficient (Wildman–Crippen LogP) is 2.01. The summed E-state index contributed by atoms with van der Waals surface area (Å²) in [6.07, 6.45) is -0.121. The van der Waals surface area contributed by atoms with E-state index in [2.05, 4.69) is 15.9 Å². The van der Waals surface area contributed by atoms with Crippen LogP contribution in [0, 0.1) is 0 Å². The number of carbonyl (C=O) groups is 2. The van der Waals surface area contributed by atoms with E-state index < -0.39 is 11.7 Å². The highest BCUT2D eigenvalue weighted by Gasteiger charge is 2.37. The number of hydrogen-bond donors (Lipinski definition) is 0. The number of carbonyl (C=O) groups excluding carboxylic acids is 2. The fourth-order valence-electron chi connectivity index (χ4n) is 1.82. The number of fused-ring (bicyclic) bond motifs is 1. The summed E-state index contributed by atoms with van der Waals surface area (Å²) in [4.78, 5) is 25.1. The van der Waals surface area contributed by atoms with Gasteiger partial charge in [0.15, 0.2) is 0 Å². The number of para-hydroxylation sites is 1. The molecule has 1 atom stereocenters. The molecule has 0 bridgehead atoms. The lowest BCUT2D eigenvalue weighted by Crippen LogP contribution is -2.36. The highest BCUT2D eigenvalue weighted by atomic mass is 79.9. The minimum Gasteiger partial charge on any atom is -0.380 e. The number of methoxy groups -OCH3 is 1. The van der Waals surface area contributed by atoms with E-state index in [0.29, 0.717) is 17.8 Å². The van der Waals surface area contributed by atoms with Crippen LogP contribution in [0.4, 0.5) is 5.69 Å². The number of ether oxygens (including phenoxy) is 1. The molecule has 1 unspecified atom stereocenters. The fourth-order valence-corrected chi connectivity index (χ4v) is 2.40. The van der Waals surface area contributed by atoms with Crippen molar-refractivity contribution in [2.45, 2.75) is 13.0 Å². The number of amides is 1. The van der Waals surface area contributed by atoms with Crippen LogP contribution in [0.25, 0.3) is 0 Å². The van der Waals surface area contributed by atoms with Crippen LogP contribution in [-0.2, 0) is 9.53 Å². The van der Waals surface area contributed by atoms with Gasteiger partial charge >= 0.3 is 0 Å². The van der Waals surface area contributed by atoms with E-state index in [1.54, 1.807) is 19.2 Å². The maximum Gasteiger partial charge on any atom is 0.299 e. The molecule has 0 aromatic heterocycles. The summed E-state index contributed by atoms with van der Waals surface area (Å²) in [5, 5.41) is 0. The first-order chi connectivity index (χ1) is 8.06. The molecule has 1 amide bonds.